The number of hydrogen-bond acceptors (Lipinski definition) is 6. The number of esters is 1. The van der Waals surface area contributed by atoms with E-state index in [1.807, 2.05) is 0 Å². The van der Waals surface area contributed by atoms with Crippen LogP contribution in [0.25, 0.3) is 0 Å². The predicted molar refractivity (Wildman–Crippen MR) is 103 cm³/mol. The predicted octanol–water partition coefficient (Wildman–Crippen LogP) is -2.79. The molecule has 0 rings (SSSR count). The van der Waals surface area contributed by atoms with Gasteiger partial charge in [0.25, 0.3) is 0 Å². The fourth-order valence-electron chi connectivity index (χ4n) is 2.66. The molecule has 0 unspecified atom stereocenters. The largest absolute Gasteiger partial charge is 1.00 e. The third kappa shape index (κ3) is 42.1. The van der Waals surface area contributed by atoms with Crippen LogP contribution in [0.5, 0.6) is 0 Å². The smallest absolute Gasteiger partial charge is 0.652 e. The van der Waals surface area contributed by atoms with Crippen LogP contribution >= 0.6 is 0 Å². The Balaban J connectivity index is -0.000000513. The van der Waals surface area contributed by atoms with E-state index >= 15 is 0 Å². The second kappa shape index (κ2) is 31.1. The molecule has 0 radical (unpaired) electrons. The first kappa shape index (κ1) is 37.3. The fraction of sp³-hybridized carbons (Fsp3) is 0.762. The Labute approximate surface area is 225 Å². The molecule has 0 saturated heterocycles. The third-order valence-electron chi connectivity index (χ3n) is 4.10. The number of carboxylic acids is 1. The van der Waals surface area contributed by atoms with E-state index < -0.39 is 18.1 Å². The topological polar surface area (TPSA) is 127 Å². The molecule has 30 heavy (non-hydrogen) atoms. The van der Waals surface area contributed by atoms with Crippen molar-refractivity contribution in [3.8, 4) is 0 Å². The monoisotopic (exact) mass is 446 g/mol. The first-order valence-electron chi connectivity index (χ1n) is 10.4. The molecule has 0 spiro atoms. The molecule has 0 aromatic heterocycles. The quantitative estimate of drug-likeness (QED) is 0.111. The van der Waals surface area contributed by atoms with E-state index in [1.165, 1.54) is 77.0 Å². The number of carbonyl (C=O) groups excluding carboxylic acids is 2. The SMILES string of the molecule is CCCCCCCCCCCCCCCCOC(=O)/C=C\C(=O)O.O=C([O-])[O-].[Na+].[Na+]. The zero-order valence-electron chi connectivity index (χ0n) is 19.2. The number of carbonyl (C=O) groups is 3. The van der Waals surface area contributed by atoms with Gasteiger partial charge in [0.15, 0.2) is 0 Å². The van der Waals surface area contributed by atoms with Crippen LogP contribution in [0.3, 0.4) is 0 Å². The molecule has 0 aliphatic carbocycles. The van der Waals surface area contributed by atoms with E-state index in [0.717, 1.165) is 25.0 Å². The maximum atomic E-state index is 11.1. The van der Waals surface area contributed by atoms with Crippen molar-refractivity contribution in [2.45, 2.75) is 96.8 Å². The number of carboxylic acid groups (broad SMARTS) is 3. The average molecular weight is 446 g/mol. The van der Waals surface area contributed by atoms with E-state index in [2.05, 4.69) is 6.92 Å². The van der Waals surface area contributed by atoms with E-state index in [0.29, 0.717) is 6.61 Å². The molecule has 164 valence electrons. The number of rotatable bonds is 17. The van der Waals surface area contributed by atoms with Crippen molar-refractivity contribution in [2.24, 2.45) is 0 Å². The Morgan fingerprint density at radius 3 is 1.37 bits per heavy atom. The van der Waals surface area contributed by atoms with Crippen LogP contribution in [0.2, 0.25) is 0 Å². The van der Waals surface area contributed by atoms with Gasteiger partial charge in [0, 0.05) is 12.2 Å². The van der Waals surface area contributed by atoms with E-state index in [-0.39, 0.29) is 59.1 Å². The van der Waals surface area contributed by atoms with Crippen molar-refractivity contribution in [2.75, 3.05) is 6.61 Å². The van der Waals surface area contributed by atoms with Crippen LogP contribution < -0.4 is 69.3 Å². The van der Waals surface area contributed by atoms with Gasteiger partial charge in [0.2, 0.25) is 0 Å². The molecule has 0 aliphatic rings. The zero-order chi connectivity index (χ0) is 21.5. The fourth-order valence-corrected chi connectivity index (χ4v) is 2.66. The summed E-state index contributed by atoms with van der Waals surface area (Å²) < 4.78 is 4.91. The molecule has 7 nitrogen and oxygen atoms in total. The first-order valence-corrected chi connectivity index (χ1v) is 10.4. The van der Waals surface area contributed by atoms with Crippen LogP contribution in [0.15, 0.2) is 12.2 Å². The van der Waals surface area contributed by atoms with Gasteiger partial charge in [0.1, 0.15) is 0 Å². The molecule has 0 saturated carbocycles. The molecule has 0 amide bonds. The molecule has 9 heteroatoms. The van der Waals surface area contributed by atoms with Crippen molar-refractivity contribution in [1.82, 2.24) is 0 Å². The summed E-state index contributed by atoms with van der Waals surface area (Å²) in [6.45, 7) is 2.63. The molecular formula is C21H36Na2O7. The zero-order valence-corrected chi connectivity index (χ0v) is 23.2. The van der Waals surface area contributed by atoms with Crippen molar-refractivity contribution in [3.63, 3.8) is 0 Å². The number of unbranched alkanes of at least 4 members (excludes halogenated alkanes) is 13. The molecular weight excluding hydrogens is 410 g/mol. The second-order valence-electron chi connectivity index (χ2n) is 6.69. The summed E-state index contributed by atoms with van der Waals surface area (Å²) in [5.74, 6) is -1.71. The Morgan fingerprint density at radius 1 is 0.700 bits per heavy atom. The van der Waals surface area contributed by atoms with Crippen molar-refractivity contribution < 1.29 is 93.6 Å². The molecule has 0 heterocycles. The van der Waals surface area contributed by atoms with E-state index in [1.54, 1.807) is 0 Å². The van der Waals surface area contributed by atoms with Gasteiger partial charge in [0.05, 0.1) is 6.61 Å². The third-order valence-corrected chi connectivity index (χ3v) is 4.10. The summed E-state index contributed by atoms with van der Waals surface area (Å²) in [5, 5.41) is 25.0. The Hall–Kier alpha value is -0.0500. The van der Waals surface area contributed by atoms with Gasteiger partial charge >= 0.3 is 71.1 Å². The van der Waals surface area contributed by atoms with Gasteiger partial charge in [-0.15, -0.1) is 0 Å². The maximum Gasteiger partial charge on any atom is 1.00 e. The molecule has 0 fully saturated rings. The summed E-state index contributed by atoms with van der Waals surface area (Å²) in [6.07, 6.45) is 17.5. The summed E-state index contributed by atoms with van der Waals surface area (Å²) in [4.78, 5) is 29.7. The van der Waals surface area contributed by atoms with Crippen LogP contribution in [-0.4, -0.2) is 29.8 Å². The Morgan fingerprint density at radius 2 is 1.03 bits per heavy atom. The first-order chi connectivity index (χ1) is 13.4. The van der Waals surface area contributed by atoms with Crippen LogP contribution in [0, 0.1) is 0 Å². The van der Waals surface area contributed by atoms with Crippen LogP contribution in [0.1, 0.15) is 96.8 Å². The standard InChI is InChI=1S/C20H36O4.CH2O3.2Na/c1-2-3-4-5-6-7-8-9-10-11-12-13-14-15-18-24-20(23)17-16-19(21)22;2-1(3)4;;/h16-17H,2-15,18H2,1H3,(H,21,22);(H2,2,3,4);;/q;;2*+1/p-2/b17-16-;;;. The molecule has 0 aliphatic heterocycles. The van der Waals surface area contributed by atoms with Crippen molar-refractivity contribution in [3.05, 3.63) is 12.2 Å². The summed E-state index contributed by atoms with van der Waals surface area (Å²) >= 11 is 0. The van der Waals surface area contributed by atoms with Gasteiger partial charge in [-0.05, 0) is 12.6 Å². The molecule has 0 aromatic rings. The number of hydrogen-bond donors (Lipinski definition) is 1. The Bertz CT molecular complexity index is 426. The van der Waals surface area contributed by atoms with Crippen LogP contribution in [-0.2, 0) is 14.3 Å². The number of aliphatic carboxylic acids is 1. The van der Waals surface area contributed by atoms with E-state index in [9.17, 15) is 9.59 Å². The van der Waals surface area contributed by atoms with Crippen molar-refractivity contribution in [1.29, 1.82) is 0 Å². The molecule has 0 atom stereocenters. The van der Waals surface area contributed by atoms with Crippen LogP contribution in [0.4, 0.5) is 4.79 Å². The van der Waals surface area contributed by atoms with Gasteiger partial charge in [-0.25, -0.2) is 9.59 Å². The summed E-state index contributed by atoms with van der Waals surface area (Å²) in [6, 6.07) is 0. The molecule has 0 aromatic carbocycles. The van der Waals surface area contributed by atoms with E-state index in [4.69, 9.17) is 24.9 Å². The summed E-state index contributed by atoms with van der Waals surface area (Å²) in [5.41, 5.74) is 0. The normalized spacial score (nSPS) is 9.63. The maximum absolute atomic E-state index is 11.1. The van der Waals surface area contributed by atoms with Gasteiger partial charge in [-0.2, -0.15) is 0 Å². The minimum atomic E-state index is -2.33. The minimum absolute atomic E-state index is 0. The number of ether oxygens (including phenoxy) is 1. The molecule has 0 bridgehead atoms. The Kier molecular flexibility index (Phi) is 38.7. The molecule has 1 N–H and O–H groups in total. The van der Waals surface area contributed by atoms with Crippen molar-refractivity contribution >= 4 is 18.1 Å². The summed E-state index contributed by atoms with van der Waals surface area (Å²) in [7, 11) is 0. The second-order valence-corrected chi connectivity index (χ2v) is 6.69. The van der Waals surface area contributed by atoms with Gasteiger partial charge in [-0.3, -0.25) is 0 Å². The van der Waals surface area contributed by atoms with Gasteiger partial charge < -0.3 is 24.9 Å². The van der Waals surface area contributed by atoms with Gasteiger partial charge in [-0.1, -0.05) is 90.4 Å². The average Bonchev–Trinajstić information content (AvgIpc) is 2.62. The minimum Gasteiger partial charge on any atom is -0.652 e.